The number of halogens is 2. The Kier molecular flexibility index (Phi) is 4.84. The van der Waals surface area contributed by atoms with E-state index in [-0.39, 0.29) is 17.7 Å². The summed E-state index contributed by atoms with van der Waals surface area (Å²) in [5.41, 5.74) is 14.4. The van der Waals surface area contributed by atoms with Crippen molar-refractivity contribution in [1.82, 2.24) is 19.9 Å². The van der Waals surface area contributed by atoms with Crippen molar-refractivity contribution >= 4 is 40.1 Å². The summed E-state index contributed by atoms with van der Waals surface area (Å²) < 4.78 is 19.9. The van der Waals surface area contributed by atoms with Gasteiger partial charge in [0.2, 0.25) is 5.95 Å². The lowest BCUT2D eigenvalue weighted by Gasteiger charge is -2.33. The summed E-state index contributed by atoms with van der Waals surface area (Å²) in [6.45, 7) is 1.62. The third kappa shape index (κ3) is 3.85. The van der Waals surface area contributed by atoms with Crippen LogP contribution in [0.15, 0.2) is 42.5 Å². The number of hydrogen-bond donors (Lipinski definition) is 3. The highest BCUT2D eigenvalue weighted by molar-refractivity contribution is 6.31. The third-order valence-electron chi connectivity index (χ3n) is 5.18. The van der Waals surface area contributed by atoms with Crippen molar-refractivity contribution in [3.8, 4) is 11.3 Å². The summed E-state index contributed by atoms with van der Waals surface area (Å²) in [5.74, 6) is 0.941. The van der Waals surface area contributed by atoms with E-state index in [0.29, 0.717) is 47.6 Å². The van der Waals surface area contributed by atoms with Gasteiger partial charge in [-0.3, -0.25) is 0 Å². The lowest BCUT2D eigenvalue weighted by molar-refractivity contribution is 0.0345. The number of fused-ring (bicyclic) bond motifs is 1. The molecule has 3 heterocycles. The molecule has 0 radical (unpaired) electrons. The maximum Gasteiger partial charge on any atom is 0.222 e. The molecule has 1 aliphatic rings. The number of imidazole rings is 1. The number of aromatic amines is 1. The highest BCUT2D eigenvalue weighted by atomic mass is 35.5. The van der Waals surface area contributed by atoms with Gasteiger partial charge in [-0.15, -0.1) is 0 Å². The predicted octanol–water partition coefficient (Wildman–Crippen LogP) is 3.55. The second-order valence-electron chi connectivity index (χ2n) is 7.29. The lowest BCUT2D eigenvalue weighted by atomic mass is 10.1. The Morgan fingerprint density at radius 3 is 2.81 bits per heavy atom. The van der Waals surface area contributed by atoms with Crippen molar-refractivity contribution in [2.24, 2.45) is 0 Å². The molecule has 1 saturated heterocycles. The Morgan fingerprint density at radius 1 is 1.10 bits per heavy atom. The van der Waals surface area contributed by atoms with Gasteiger partial charge in [-0.25, -0.2) is 14.4 Å². The second-order valence-corrected chi connectivity index (χ2v) is 7.73. The SMILES string of the molecule is Nc1nc(-c2ccc(N)c(F)c2)cc(N2CCOC(c3nc4ccc(Cl)cc4[nH]3)C2)n1. The van der Waals surface area contributed by atoms with Gasteiger partial charge in [0.05, 0.1) is 35.6 Å². The van der Waals surface area contributed by atoms with Crippen LogP contribution in [0, 0.1) is 5.82 Å². The number of nitrogens with zero attached hydrogens (tertiary/aromatic N) is 4. The first-order chi connectivity index (χ1) is 15.0. The first-order valence-electron chi connectivity index (χ1n) is 9.68. The summed E-state index contributed by atoms with van der Waals surface area (Å²) in [6.07, 6.45) is -0.284. The molecular formula is C21H19ClFN7O. The number of morpholine rings is 1. The smallest absolute Gasteiger partial charge is 0.222 e. The van der Waals surface area contributed by atoms with Crippen molar-refractivity contribution in [3.63, 3.8) is 0 Å². The minimum Gasteiger partial charge on any atom is -0.396 e. The number of anilines is 3. The van der Waals surface area contributed by atoms with Crippen LogP contribution in [0.3, 0.4) is 0 Å². The molecule has 1 unspecified atom stereocenters. The van der Waals surface area contributed by atoms with E-state index in [4.69, 9.17) is 27.8 Å². The van der Waals surface area contributed by atoms with Crippen LogP contribution in [0.5, 0.6) is 0 Å². The van der Waals surface area contributed by atoms with Gasteiger partial charge in [0, 0.05) is 23.2 Å². The van der Waals surface area contributed by atoms with Gasteiger partial charge in [-0.05, 0) is 30.3 Å². The molecule has 158 valence electrons. The van der Waals surface area contributed by atoms with Gasteiger partial charge in [0.1, 0.15) is 23.6 Å². The second kappa shape index (κ2) is 7.68. The van der Waals surface area contributed by atoms with E-state index >= 15 is 0 Å². The number of hydrogen-bond acceptors (Lipinski definition) is 7. The van der Waals surface area contributed by atoms with Crippen LogP contribution in [0.1, 0.15) is 11.9 Å². The number of nitrogen functional groups attached to an aromatic ring is 2. The molecule has 1 aliphatic heterocycles. The van der Waals surface area contributed by atoms with Crippen LogP contribution < -0.4 is 16.4 Å². The largest absolute Gasteiger partial charge is 0.396 e. The standard InChI is InChI=1S/C21H19ClFN7O/c22-12-2-4-15-17(8-12)27-20(26-15)18-10-30(5-6-31-18)19-9-16(28-21(25)29-19)11-1-3-14(24)13(23)7-11/h1-4,7-9,18H,5-6,10,24H2,(H,26,27)(H2,25,28,29). The van der Waals surface area contributed by atoms with Crippen molar-refractivity contribution < 1.29 is 9.13 Å². The molecule has 0 bridgehead atoms. The molecule has 1 fully saturated rings. The molecule has 2 aromatic heterocycles. The molecule has 4 aromatic rings. The third-order valence-corrected chi connectivity index (χ3v) is 5.42. The van der Waals surface area contributed by atoms with Gasteiger partial charge in [0.15, 0.2) is 0 Å². The highest BCUT2D eigenvalue weighted by Gasteiger charge is 2.26. The molecule has 31 heavy (non-hydrogen) atoms. The maximum atomic E-state index is 13.9. The van der Waals surface area contributed by atoms with Crippen molar-refractivity contribution in [1.29, 1.82) is 0 Å². The molecule has 1 atom stereocenters. The van der Waals surface area contributed by atoms with E-state index in [9.17, 15) is 4.39 Å². The minimum absolute atomic E-state index is 0.0779. The summed E-state index contributed by atoms with van der Waals surface area (Å²) in [6, 6.07) is 11.8. The number of nitrogens with two attached hydrogens (primary N) is 2. The first kappa shape index (κ1) is 19.5. The zero-order valence-electron chi connectivity index (χ0n) is 16.3. The van der Waals surface area contributed by atoms with Crippen molar-refractivity contribution in [3.05, 3.63) is 59.1 Å². The molecule has 10 heteroatoms. The van der Waals surface area contributed by atoms with Gasteiger partial charge in [-0.1, -0.05) is 17.7 Å². The van der Waals surface area contributed by atoms with Gasteiger partial charge in [-0.2, -0.15) is 4.98 Å². The predicted molar refractivity (Wildman–Crippen MR) is 118 cm³/mol. The molecule has 0 amide bonds. The first-order valence-corrected chi connectivity index (χ1v) is 10.1. The van der Waals surface area contributed by atoms with E-state index in [1.165, 1.54) is 12.1 Å². The van der Waals surface area contributed by atoms with Crippen LogP contribution >= 0.6 is 11.6 Å². The minimum atomic E-state index is -0.507. The summed E-state index contributed by atoms with van der Waals surface area (Å²) in [5, 5.41) is 0.636. The zero-order valence-corrected chi connectivity index (χ0v) is 17.1. The molecule has 2 aromatic carbocycles. The van der Waals surface area contributed by atoms with E-state index in [2.05, 4.69) is 19.9 Å². The van der Waals surface area contributed by atoms with E-state index in [1.54, 1.807) is 18.2 Å². The molecule has 0 spiro atoms. The van der Waals surface area contributed by atoms with E-state index < -0.39 is 5.82 Å². The van der Waals surface area contributed by atoms with E-state index in [0.717, 1.165) is 11.0 Å². The molecule has 5 N–H and O–H groups in total. The Bertz CT molecular complexity index is 1280. The number of nitrogens with one attached hydrogen (secondary N) is 1. The number of rotatable bonds is 3. The van der Waals surface area contributed by atoms with Gasteiger partial charge in [0.25, 0.3) is 0 Å². The van der Waals surface area contributed by atoms with Crippen molar-refractivity contribution in [2.45, 2.75) is 6.10 Å². The Morgan fingerprint density at radius 2 is 1.97 bits per heavy atom. The fraction of sp³-hybridized carbons (Fsp3) is 0.190. The van der Waals surface area contributed by atoms with Crippen LogP contribution in [0.2, 0.25) is 5.02 Å². The Labute approximate surface area is 182 Å². The summed E-state index contributed by atoms with van der Waals surface area (Å²) in [4.78, 5) is 18.6. The lowest BCUT2D eigenvalue weighted by Crippen LogP contribution is -2.39. The van der Waals surface area contributed by atoms with Crippen LogP contribution in [0.4, 0.5) is 21.8 Å². The number of benzene rings is 2. The molecular weight excluding hydrogens is 421 g/mol. The number of ether oxygens (including phenoxy) is 1. The Hall–Kier alpha value is -3.43. The average molecular weight is 440 g/mol. The van der Waals surface area contributed by atoms with Gasteiger partial charge >= 0.3 is 0 Å². The molecule has 8 nitrogen and oxygen atoms in total. The quantitative estimate of drug-likeness (QED) is 0.417. The fourth-order valence-electron chi connectivity index (χ4n) is 3.63. The average Bonchev–Trinajstić information content (AvgIpc) is 3.18. The zero-order chi connectivity index (χ0) is 21.5. The Balaban J connectivity index is 1.44. The monoisotopic (exact) mass is 439 g/mol. The summed E-state index contributed by atoms with van der Waals surface area (Å²) in [7, 11) is 0. The van der Waals surface area contributed by atoms with E-state index in [1.807, 2.05) is 17.0 Å². The molecule has 0 aliphatic carbocycles. The van der Waals surface area contributed by atoms with Crippen LogP contribution in [-0.4, -0.2) is 39.6 Å². The maximum absolute atomic E-state index is 13.9. The van der Waals surface area contributed by atoms with Crippen molar-refractivity contribution in [2.75, 3.05) is 36.1 Å². The number of aromatic nitrogens is 4. The molecule has 5 rings (SSSR count). The fourth-order valence-corrected chi connectivity index (χ4v) is 3.80. The number of H-pyrrole nitrogens is 1. The van der Waals surface area contributed by atoms with Crippen LogP contribution in [0.25, 0.3) is 22.3 Å². The highest BCUT2D eigenvalue weighted by Crippen LogP contribution is 2.29. The van der Waals surface area contributed by atoms with Gasteiger partial charge < -0.3 is 26.1 Å². The molecule has 0 saturated carbocycles. The summed E-state index contributed by atoms with van der Waals surface area (Å²) >= 11 is 6.07. The van der Waals surface area contributed by atoms with Crippen LogP contribution in [-0.2, 0) is 4.74 Å². The topological polar surface area (TPSA) is 119 Å². The normalized spacial score (nSPS) is 16.7.